The maximum Gasteiger partial charge on any atom is 0.251 e. The second-order valence-electron chi connectivity index (χ2n) is 4.82. The van der Waals surface area contributed by atoms with E-state index < -0.39 is 0 Å². The minimum Gasteiger partial charge on any atom is -0.496 e. The van der Waals surface area contributed by atoms with Gasteiger partial charge in [0.15, 0.2) is 0 Å². The molecule has 0 saturated heterocycles. The molecule has 1 saturated carbocycles. The Balaban J connectivity index is 1.71. The monoisotopic (exact) mass is 293 g/mol. The predicted molar refractivity (Wildman–Crippen MR) is 76.0 cm³/mol. The molecular formula is C14H16ClN3O2. The second kappa shape index (κ2) is 5.81. The second-order valence-corrected chi connectivity index (χ2v) is 5.26. The molecule has 5 nitrogen and oxygen atoms in total. The van der Waals surface area contributed by atoms with Gasteiger partial charge in [-0.05, 0) is 31.0 Å². The fraction of sp³-hybridized carbons (Fsp3) is 0.429. The van der Waals surface area contributed by atoms with Gasteiger partial charge in [-0.2, -0.15) is 0 Å². The molecule has 2 aromatic rings. The molecule has 0 amide bonds. The summed E-state index contributed by atoms with van der Waals surface area (Å²) in [4.78, 5) is 0. The molecule has 0 radical (unpaired) electrons. The van der Waals surface area contributed by atoms with Crippen molar-refractivity contribution in [1.82, 2.24) is 15.5 Å². The van der Waals surface area contributed by atoms with Gasteiger partial charge < -0.3 is 14.5 Å². The highest BCUT2D eigenvalue weighted by molar-refractivity contribution is 6.30. The molecule has 1 aliphatic carbocycles. The number of benzene rings is 1. The number of halogens is 1. The summed E-state index contributed by atoms with van der Waals surface area (Å²) in [6.45, 7) is 0.865. The molecular weight excluding hydrogens is 278 g/mol. The van der Waals surface area contributed by atoms with E-state index in [2.05, 4.69) is 15.5 Å². The maximum atomic E-state index is 5.94. The summed E-state index contributed by atoms with van der Waals surface area (Å²) in [7, 11) is 1.59. The van der Waals surface area contributed by atoms with E-state index in [4.69, 9.17) is 20.8 Å². The van der Waals surface area contributed by atoms with Crippen molar-refractivity contribution in [2.24, 2.45) is 0 Å². The highest BCUT2D eigenvalue weighted by Gasteiger charge is 2.20. The van der Waals surface area contributed by atoms with Gasteiger partial charge >= 0.3 is 0 Å². The van der Waals surface area contributed by atoms with Gasteiger partial charge in [0.05, 0.1) is 12.7 Å². The van der Waals surface area contributed by atoms with E-state index in [1.807, 2.05) is 6.07 Å². The van der Waals surface area contributed by atoms with Crippen molar-refractivity contribution in [2.45, 2.75) is 25.3 Å². The number of methoxy groups -OCH3 is 1. The number of aromatic nitrogens is 2. The van der Waals surface area contributed by atoms with Gasteiger partial charge in [0.2, 0.25) is 5.89 Å². The third kappa shape index (κ3) is 3.11. The molecule has 0 atom stereocenters. The van der Waals surface area contributed by atoms with Gasteiger partial charge in [-0.15, -0.1) is 10.2 Å². The minimum atomic E-state index is 0.458. The van der Waals surface area contributed by atoms with Crippen molar-refractivity contribution < 1.29 is 9.15 Å². The van der Waals surface area contributed by atoms with Gasteiger partial charge in [0.1, 0.15) is 5.75 Å². The number of hydrogen-bond donors (Lipinski definition) is 1. The Bertz CT molecular complexity index is 596. The molecule has 6 heteroatoms. The summed E-state index contributed by atoms with van der Waals surface area (Å²) in [5, 5.41) is 12.2. The van der Waals surface area contributed by atoms with E-state index in [-0.39, 0.29) is 0 Å². The fourth-order valence-corrected chi connectivity index (χ4v) is 2.14. The third-order valence-corrected chi connectivity index (χ3v) is 3.45. The average molecular weight is 294 g/mol. The Morgan fingerprint density at radius 3 is 3.00 bits per heavy atom. The summed E-state index contributed by atoms with van der Waals surface area (Å²) >= 11 is 5.94. The molecule has 0 unspecified atom stereocenters. The molecule has 1 fully saturated rings. The summed E-state index contributed by atoms with van der Waals surface area (Å²) in [6, 6.07) is 6.02. The molecule has 106 valence electrons. The molecule has 1 N–H and O–H groups in total. The first kappa shape index (κ1) is 13.4. The van der Waals surface area contributed by atoms with Crippen molar-refractivity contribution in [3.63, 3.8) is 0 Å². The van der Waals surface area contributed by atoms with E-state index in [0.29, 0.717) is 28.6 Å². The first-order chi connectivity index (χ1) is 9.76. The highest BCUT2D eigenvalue weighted by atomic mass is 35.5. The third-order valence-electron chi connectivity index (χ3n) is 3.21. The normalized spacial score (nSPS) is 14.5. The van der Waals surface area contributed by atoms with E-state index >= 15 is 0 Å². The average Bonchev–Trinajstić information content (AvgIpc) is 3.16. The number of rotatable bonds is 6. The standard InChI is InChI=1S/C14H16ClN3O2/c1-19-12-8-9(15)2-5-11(12)14-18-17-13(20-14)6-7-16-10-3-4-10/h2,5,8,10,16H,3-4,6-7H2,1H3. The lowest BCUT2D eigenvalue weighted by Gasteiger charge is -2.04. The Morgan fingerprint density at radius 2 is 2.25 bits per heavy atom. The topological polar surface area (TPSA) is 60.2 Å². The number of ether oxygens (including phenoxy) is 1. The molecule has 1 aromatic heterocycles. The smallest absolute Gasteiger partial charge is 0.251 e. The molecule has 0 spiro atoms. The Kier molecular flexibility index (Phi) is 3.89. The van der Waals surface area contributed by atoms with Crippen molar-refractivity contribution in [2.75, 3.05) is 13.7 Å². The van der Waals surface area contributed by atoms with E-state index in [1.165, 1.54) is 12.8 Å². The van der Waals surface area contributed by atoms with Crippen molar-refractivity contribution in [1.29, 1.82) is 0 Å². The molecule has 0 bridgehead atoms. The Labute approximate surface area is 122 Å². The molecule has 20 heavy (non-hydrogen) atoms. The molecule has 1 heterocycles. The highest BCUT2D eigenvalue weighted by Crippen LogP contribution is 2.31. The number of nitrogens with zero attached hydrogens (tertiary/aromatic N) is 2. The van der Waals surface area contributed by atoms with Gasteiger partial charge in [-0.3, -0.25) is 0 Å². The van der Waals surface area contributed by atoms with Crippen LogP contribution in [0, 0.1) is 0 Å². The molecule has 0 aliphatic heterocycles. The first-order valence-electron chi connectivity index (χ1n) is 6.66. The number of nitrogens with one attached hydrogen (secondary N) is 1. The Morgan fingerprint density at radius 1 is 1.40 bits per heavy atom. The van der Waals surface area contributed by atoms with Crippen molar-refractivity contribution in [3.05, 3.63) is 29.1 Å². The quantitative estimate of drug-likeness (QED) is 0.887. The molecule has 3 rings (SSSR count). The zero-order valence-corrected chi connectivity index (χ0v) is 12.0. The van der Waals surface area contributed by atoms with Crippen LogP contribution < -0.4 is 10.1 Å². The minimum absolute atomic E-state index is 0.458. The van der Waals surface area contributed by atoms with Crippen LogP contribution in [0.25, 0.3) is 11.5 Å². The van der Waals surface area contributed by atoms with Crippen LogP contribution >= 0.6 is 11.6 Å². The van der Waals surface area contributed by atoms with Crippen molar-refractivity contribution in [3.8, 4) is 17.2 Å². The van der Waals surface area contributed by atoms with Crippen molar-refractivity contribution >= 4 is 11.6 Å². The summed E-state index contributed by atoms with van der Waals surface area (Å²) in [5.74, 6) is 1.72. The maximum absolute atomic E-state index is 5.94. The van der Waals surface area contributed by atoms with Gasteiger partial charge in [-0.25, -0.2) is 0 Å². The molecule has 1 aliphatic rings. The summed E-state index contributed by atoms with van der Waals surface area (Å²) in [5.41, 5.74) is 0.755. The fourth-order valence-electron chi connectivity index (χ4n) is 1.98. The lowest BCUT2D eigenvalue weighted by molar-refractivity contribution is 0.413. The summed E-state index contributed by atoms with van der Waals surface area (Å²) < 4.78 is 11.0. The summed E-state index contributed by atoms with van der Waals surface area (Å²) in [6.07, 6.45) is 3.29. The van der Waals surface area contributed by atoms with Crippen LogP contribution in [0.4, 0.5) is 0 Å². The molecule has 1 aromatic carbocycles. The lowest BCUT2D eigenvalue weighted by atomic mass is 10.2. The van der Waals surface area contributed by atoms with Crippen LogP contribution in [0.5, 0.6) is 5.75 Å². The van der Waals surface area contributed by atoms with E-state index in [9.17, 15) is 0 Å². The SMILES string of the molecule is COc1cc(Cl)ccc1-c1nnc(CCNC2CC2)o1. The largest absolute Gasteiger partial charge is 0.496 e. The van der Waals surface area contributed by atoms with E-state index in [0.717, 1.165) is 18.5 Å². The van der Waals surface area contributed by atoms with Gasteiger partial charge in [0, 0.05) is 24.0 Å². The van der Waals surface area contributed by atoms with Crippen LogP contribution in [-0.4, -0.2) is 29.9 Å². The van der Waals surface area contributed by atoms with Crippen LogP contribution in [-0.2, 0) is 6.42 Å². The van der Waals surface area contributed by atoms with E-state index in [1.54, 1.807) is 19.2 Å². The lowest BCUT2D eigenvalue weighted by Crippen LogP contribution is -2.19. The zero-order chi connectivity index (χ0) is 13.9. The van der Waals surface area contributed by atoms with Crippen LogP contribution in [0.2, 0.25) is 5.02 Å². The van der Waals surface area contributed by atoms with Gasteiger partial charge in [0.25, 0.3) is 5.89 Å². The number of hydrogen-bond acceptors (Lipinski definition) is 5. The van der Waals surface area contributed by atoms with Gasteiger partial charge in [-0.1, -0.05) is 11.6 Å². The predicted octanol–water partition coefficient (Wildman–Crippen LogP) is 2.69. The van der Waals surface area contributed by atoms with Crippen LogP contribution in [0.1, 0.15) is 18.7 Å². The Hall–Kier alpha value is -1.59. The first-order valence-corrected chi connectivity index (χ1v) is 7.04. The zero-order valence-electron chi connectivity index (χ0n) is 11.2. The van der Waals surface area contributed by atoms with Crippen LogP contribution in [0.3, 0.4) is 0 Å². The van der Waals surface area contributed by atoms with Crippen LogP contribution in [0.15, 0.2) is 22.6 Å².